The fourth-order valence-corrected chi connectivity index (χ4v) is 1.68. The summed E-state index contributed by atoms with van der Waals surface area (Å²) >= 11 is 0. The third-order valence-electron chi connectivity index (χ3n) is 2.57. The van der Waals surface area contributed by atoms with E-state index in [1.54, 1.807) is 6.07 Å². The molecule has 2 rings (SSSR count). The van der Waals surface area contributed by atoms with Gasteiger partial charge >= 0.3 is 0 Å². The smallest absolute Gasteiger partial charge is 0.125 e. The standard InChI is InChI=1S/C11H9FN2/c1-7-10(6-13)9-4-3-8(12)5-11(9)14(7)2/h3-5H,1-2H3. The molecule has 0 bridgehead atoms. The van der Waals surface area contributed by atoms with Gasteiger partial charge in [0.05, 0.1) is 11.1 Å². The molecule has 1 aromatic heterocycles. The van der Waals surface area contributed by atoms with Crippen LogP contribution in [0.5, 0.6) is 0 Å². The summed E-state index contributed by atoms with van der Waals surface area (Å²) in [5.41, 5.74) is 2.26. The number of hydrogen-bond donors (Lipinski definition) is 0. The van der Waals surface area contributed by atoms with E-state index in [9.17, 15) is 4.39 Å². The number of nitrogens with zero attached hydrogens (tertiary/aromatic N) is 2. The van der Waals surface area contributed by atoms with Crippen molar-refractivity contribution in [3.05, 3.63) is 35.3 Å². The lowest BCUT2D eigenvalue weighted by Crippen LogP contribution is -1.90. The van der Waals surface area contributed by atoms with Crippen molar-refractivity contribution in [3.8, 4) is 6.07 Å². The fourth-order valence-electron chi connectivity index (χ4n) is 1.68. The Morgan fingerprint density at radius 1 is 1.43 bits per heavy atom. The number of rotatable bonds is 0. The molecule has 2 aromatic rings. The molecule has 0 radical (unpaired) electrons. The maximum absolute atomic E-state index is 13.0. The van der Waals surface area contributed by atoms with Crippen molar-refractivity contribution >= 4 is 10.9 Å². The van der Waals surface area contributed by atoms with E-state index in [-0.39, 0.29) is 5.82 Å². The van der Waals surface area contributed by atoms with Crippen molar-refractivity contribution in [1.82, 2.24) is 4.57 Å². The first kappa shape index (κ1) is 8.76. The second-order valence-corrected chi connectivity index (χ2v) is 3.29. The van der Waals surface area contributed by atoms with Gasteiger partial charge in [0.25, 0.3) is 0 Å². The number of aryl methyl sites for hydroxylation is 1. The van der Waals surface area contributed by atoms with Gasteiger partial charge in [0, 0.05) is 18.1 Å². The largest absolute Gasteiger partial charge is 0.347 e. The molecule has 3 heteroatoms. The van der Waals surface area contributed by atoms with Crippen LogP contribution in [0.1, 0.15) is 11.3 Å². The topological polar surface area (TPSA) is 28.7 Å². The van der Waals surface area contributed by atoms with Crippen LogP contribution in [0.4, 0.5) is 4.39 Å². The van der Waals surface area contributed by atoms with Crippen LogP contribution < -0.4 is 0 Å². The quantitative estimate of drug-likeness (QED) is 0.624. The summed E-state index contributed by atoms with van der Waals surface area (Å²) in [6, 6.07) is 6.61. The summed E-state index contributed by atoms with van der Waals surface area (Å²) in [4.78, 5) is 0. The fraction of sp³-hybridized carbons (Fsp3) is 0.182. The van der Waals surface area contributed by atoms with Crippen LogP contribution in [0.25, 0.3) is 10.9 Å². The van der Waals surface area contributed by atoms with Crippen molar-refractivity contribution in [2.24, 2.45) is 7.05 Å². The normalized spacial score (nSPS) is 10.4. The van der Waals surface area contributed by atoms with Crippen molar-refractivity contribution in [1.29, 1.82) is 5.26 Å². The Morgan fingerprint density at radius 2 is 2.14 bits per heavy atom. The van der Waals surface area contributed by atoms with Crippen LogP contribution in [-0.4, -0.2) is 4.57 Å². The Bertz CT molecular complexity index is 546. The SMILES string of the molecule is Cc1c(C#N)c2ccc(F)cc2n1C. The first-order chi connectivity index (χ1) is 6.65. The molecule has 2 nitrogen and oxygen atoms in total. The minimum atomic E-state index is -0.275. The Morgan fingerprint density at radius 3 is 2.79 bits per heavy atom. The van der Waals surface area contributed by atoms with Crippen LogP contribution >= 0.6 is 0 Å². The molecule has 0 amide bonds. The van der Waals surface area contributed by atoms with Crippen molar-refractivity contribution in [2.75, 3.05) is 0 Å². The molecule has 0 aliphatic carbocycles. The Balaban J connectivity index is 2.97. The molecular weight excluding hydrogens is 179 g/mol. The predicted octanol–water partition coefficient (Wildman–Crippen LogP) is 2.50. The number of hydrogen-bond acceptors (Lipinski definition) is 1. The monoisotopic (exact) mass is 188 g/mol. The molecule has 0 aliphatic rings. The van der Waals surface area contributed by atoms with Gasteiger partial charge in [-0.1, -0.05) is 0 Å². The van der Waals surface area contributed by atoms with Crippen LogP contribution in [-0.2, 0) is 7.05 Å². The molecule has 0 unspecified atom stereocenters. The van der Waals surface area contributed by atoms with Gasteiger partial charge in [0.15, 0.2) is 0 Å². The van der Waals surface area contributed by atoms with Crippen LogP contribution in [0.3, 0.4) is 0 Å². The third-order valence-corrected chi connectivity index (χ3v) is 2.57. The first-order valence-corrected chi connectivity index (χ1v) is 4.30. The highest BCUT2D eigenvalue weighted by atomic mass is 19.1. The molecule has 0 N–H and O–H groups in total. The third kappa shape index (κ3) is 1.01. The number of aromatic nitrogens is 1. The highest BCUT2D eigenvalue weighted by Gasteiger charge is 2.11. The molecule has 0 aliphatic heterocycles. The maximum Gasteiger partial charge on any atom is 0.125 e. The summed E-state index contributed by atoms with van der Waals surface area (Å²) in [7, 11) is 1.83. The number of benzene rings is 1. The number of nitriles is 1. The first-order valence-electron chi connectivity index (χ1n) is 4.30. The molecule has 1 heterocycles. The molecule has 14 heavy (non-hydrogen) atoms. The molecule has 70 valence electrons. The predicted molar refractivity (Wildman–Crippen MR) is 52.3 cm³/mol. The van der Waals surface area contributed by atoms with Gasteiger partial charge in [-0.25, -0.2) is 4.39 Å². The molecule has 1 aromatic carbocycles. The average Bonchev–Trinajstić information content (AvgIpc) is 2.41. The molecule has 0 saturated carbocycles. The molecular formula is C11H9FN2. The van der Waals surface area contributed by atoms with E-state index < -0.39 is 0 Å². The van der Waals surface area contributed by atoms with Gasteiger partial charge < -0.3 is 4.57 Å². The van der Waals surface area contributed by atoms with E-state index in [4.69, 9.17) is 5.26 Å². The van der Waals surface area contributed by atoms with E-state index in [0.717, 1.165) is 16.6 Å². The van der Waals surface area contributed by atoms with E-state index in [0.29, 0.717) is 5.56 Å². The summed E-state index contributed by atoms with van der Waals surface area (Å²) in [6.07, 6.45) is 0. The molecule has 0 saturated heterocycles. The van der Waals surface area contributed by atoms with E-state index >= 15 is 0 Å². The zero-order valence-electron chi connectivity index (χ0n) is 8.00. The van der Waals surface area contributed by atoms with E-state index in [1.165, 1.54) is 12.1 Å². The lowest BCUT2D eigenvalue weighted by atomic mass is 10.1. The van der Waals surface area contributed by atoms with Gasteiger partial charge in [-0.05, 0) is 25.1 Å². The van der Waals surface area contributed by atoms with Crippen LogP contribution in [0, 0.1) is 24.1 Å². The highest BCUT2D eigenvalue weighted by molar-refractivity contribution is 5.87. The summed E-state index contributed by atoms with van der Waals surface area (Å²) < 4.78 is 14.8. The minimum absolute atomic E-state index is 0.275. The lowest BCUT2D eigenvalue weighted by Gasteiger charge is -1.97. The second kappa shape index (κ2) is 2.85. The summed E-state index contributed by atoms with van der Waals surface area (Å²) in [5, 5.41) is 9.76. The summed E-state index contributed by atoms with van der Waals surface area (Å²) in [5.74, 6) is -0.275. The van der Waals surface area contributed by atoms with Gasteiger partial charge in [-0.3, -0.25) is 0 Å². The average molecular weight is 188 g/mol. The van der Waals surface area contributed by atoms with Gasteiger partial charge in [0.2, 0.25) is 0 Å². The van der Waals surface area contributed by atoms with Gasteiger partial charge in [0.1, 0.15) is 11.9 Å². The molecule has 0 fully saturated rings. The van der Waals surface area contributed by atoms with Crippen molar-refractivity contribution < 1.29 is 4.39 Å². The Labute approximate surface area is 81.2 Å². The minimum Gasteiger partial charge on any atom is -0.347 e. The van der Waals surface area contributed by atoms with Crippen LogP contribution in [0.2, 0.25) is 0 Å². The number of halogens is 1. The van der Waals surface area contributed by atoms with Crippen molar-refractivity contribution in [3.63, 3.8) is 0 Å². The van der Waals surface area contributed by atoms with E-state index in [1.807, 2.05) is 18.5 Å². The summed E-state index contributed by atoms with van der Waals surface area (Å²) in [6.45, 7) is 1.86. The zero-order valence-corrected chi connectivity index (χ0v) is 8.00. The van der Waals surface area contributed by atoms with Crippen LogP contribution in [0.15, 0.2) is 18.2 Å². The Hall–Kier alpha value is -1.82. The highest BCUT2D eigenvalue weighted by Crippen LogP contribution is 2.24. The van der Waals surface area contributed by atoms with Crippen molar-refractivity contribution in [2.45, 2.75) is 6.92 Å². The van der Waals surface area contributed by atoms with E-state index in [2.05, 4.69) is 6.07 Å². The second-order valence-electron chi connectivity index (χ2n) is 3.29. The van der Waals surface area contributed by atoms with Gasteiger partial charge in [-0.15, -0.1) is 0 Å². The Kier molecular flexibility index (Phi) is 1.78. The molecule has 0 spiro atoms. The maximum atomic E-state index is 13.0. The zero-order chi connectivity index (χ0) is 10.3. The van der Waals surface area contributed by atoms with Gasteiger partial charge in [-0.2, -0.15) is 5.26 Å². The lowest BCUT2D eigenvalue weighted by molar-refractivity contribution is 0.629. The number of fused-ring (bicyclic) bond motifs is 1. The molecule has 0 atom stereocenters.